The molecule has 6 nitrogen and oxygen atoms in total. The molecular formula is C23H31NO5. The van der Waals surface area contributed by atoms with Crippen LogP contribution in [0.15, 0.2) is 42.5 Å². The molecule has 0 aliphatic heterocycles. The van der Waals surface area contributed by atoms with Gasteiger partial charge >= 0.3 is 0 Å². The Morgan fingerprint density at radius 2 is 1.76 bits per heavy atom. The highest BCUT2D eigenvalue weighted by atomic mass is 16.5. The Kier molecular flexibility index (Phi) is 8.80. The number of amides is 1. The number of ether oxygens (including phenoxy) is 4. The summed E-state index contributed by atoms with van der Waals surface area (Å²) in [7, 11) is 3.12. The minimum atomic E-state index is -0.673. The molecule has 1 N–H and O–H groups in total. The first kappa shape index (κ1) is 22.6. The maximum atomic E-state index is 12.4. The van der Waals surface area contributed by atoms with Gasteiger partial charge in [0.2, 0.25) is 0 Å². The summed E-state index contributed by atoms with van der Waals surface area (Å²) in [6, 6.07) is 13.5. The topological polar surface area (TPSA) is 66.0 Å². The molecule has 0 fully saturated rings. The minimum absolute atomic E-state index is 0.0714. The predicted octanol–water partition coefficient (Wildman–Crippen LogP) is 3.54. The fourth-order valence-corrected chi connectivity index (χ4v) is 2.72. The smallest absolute Gasteiger partial charge is 0.252 e. The number of hydrogen-bond donors (Lipinski definition) is 1. The average molecular weight is 402 g/mol. The first-order chi connectivity index (χ1) is 13.9. The first-order valence-corrected chi connectivity index (χ1v) is 9.76. The SMILES string of the molecule is COc1cc(CCNC(=O)C(COc2ccc(C)cc2)OC)ccc1OC(C)C. The Morgan fingerprint density at radius 1 is 1.03 bits per heavy atom. The molecule has 0 saturated heterocycles. The summed E-state index contributed by atoms with van der Waals surface area (Å²) >= 11 is 0. The van der Waals surface area contributed by atoms with Crippen molar-refractivity contribution in [2.45, 2.75) is 39.4 Å². The van der Waals surface area contributed by atoms with Crippen molar-refractivity contribution < 1.29 is 23.7 Å². The lowest BCUT2D eigenvalue weighted by molar-refractivity contribution is -0.132. The number of benzene rings is 2. The van der Waals surface area contributed by atoms with Gasteiger partial charge in [0.25, 0.3) is 5.91 Å². The normalized spacial score (nSPS) is 11.8. The molecule has 6 heteroatoms. The molecule has 29 heavy (non-hydrogen) atoms. The second-order valence-corrected chi connectivity index (χ2v) is 7.04. The Bertz CT molecular complexity index is 773. The van der Waals surface area contributed by atoms with Gasteiger partial charge in [-0.15, -0.1) is 0 Å². The van der Waals surface area contributed by atoms with Crippen LogP contribution in [0.3, 0.4) is 0 Å². The summed E-state index contributed by atoms with van der Waals surface area (Å²) < 4.78 is 22.1. The van der Waals surface area contributed by atoms with Crippen LogP contribution in [0.1, 0.15) is 25.0 Å². The molecule has 1 atom stereocenters. The van der Waals surface area contributed by atoms with Gasteiger partial charge in [-0.05, 0) is 57.0 Å². The van der Waals surface area contributed by atoms with Gasteiger partial charge in [0.15, 0.2) is 17.6 Å². The average Bonchev–Trinajstić information content (AvgIpc) is 2.70. The van der Waals surface area contributed by atoms with Crippen LogP contribution >= 0.6 is 0 Å². The van der Waals surface area contributed by atoms with E-state index in [9.17, 15) is 4.79 Å². The van der Waals surface area contributed by atoms with E-state index >= 15 is 0 Å². The lowest BCUT2D eigenvalue weighted by Crippen LogP contribution is -2.40. The predicted molar refractivity (Wildman–Crippen MR) is 113 cm³/mol. The lowest BCUT2D eigenvalue weighted by Gasteiger charge is -2.17. The van der Waals surface area contributed by atoms with Crippen molar-refractivity contribution >= 4 is 5.91 Å². The van der Waals surface area contributed by atoms with Gasteiger partial charge in [-0.3, -0.25) is 4.79 Å². The Balaban J connectivity index is 1.83. The van der Waals surface area contributed by atoms with Crippen molar-refractivity contribution in [3.05, 3.63) is 53.6 Å². The number of carbonyl (C=O) groups excluding carboxylic acids is 1. The van der Waals surface area contributed by atoms with Crippen molar-refractivity contribution in [2.24, 2.45) is 0 Å². The maximum Gasteiger partial charge on any atom is 0.252 e. The van der Waals surface area contributed by atoms with E-state index in [0.717, 1.165) is 11.1 Å². The van der Waals surface area contributed by atoms with Gasteiger partial charge in [-0.1, -0.05) is 23.8 Å². The van der Waals surface area contributed by atoms with E-state index in [-0.39, 0.29) is 18.6 Å². The third-order valence-corrected chi connectivity index (χ3v) is 4.30. The van der Waals surface area contributed by atoms with Crippen molar-refractivity contribution in [3.63, 3.8) is 0 Å². The summed E-state index contributed by atoms with van der Waals surface area (Å²) in [6.45, 7) is 6.59. The van der Waals surface area contributed by atoms with Crippen LogP contribution in [0.4, 0.5) is 0 Å². The zero-order chi connectivity index (χ0) is 21.2. The molecule has 2 aromatic carbocycles. The number of nitrogens with one attached hydrogen (secondary N) is 1. The molecule has 158 valence electrons. The molecule has 0 aliphatic carbocycles. The largest absolute Gasteiger partial charge is 0.493 e. The van der Waals surface area contributed by atoms with Gasteiger partial charge < -0.3 is 24.3 Å². The molecule has 0 aromatic heterocycles. The molecule has 0 spiro atoms. The molecule has 1 unspecified atom stereocenters. The van der Waals surface area contributed by atoms with E-state index in [1.807, 2.05) is 63.2 Å². The van der Waals surface area contributed by atoms with Gasteiger partial charge in [0.05, 0.1) is 13.2 Å². The van der Waals surface area contributed by atoms with Crippen LogP contribution in [-0.2, 0) is 16.0 Å². The summed E-state index contributed by atoms with van der Waals surface area (Å²) in [5.74, 6) is 1.90. The molecule has 2 aromatic rings. The molecule has 0 heterocycles. The summed E-state index contributed by atoms with van der Waals surface area (Å²) in [5.41, 5.74) is 2.20. The monoisotopic (exact) mass is 401 g/mol. The van der Waals surface area contributed by atoms with Crippen molar-refractivity contribution in [1.82, 2.24) is 5.32 Å². The van der Waals surface area contributed by atoms with E-state index in [2.05, 4.69) is 5.32 Å². The highest BCUT2D eigenvalue weighted by Crippen LogP contribution is 2.29. The van der Waals surface area contributed by atoms with Gasteiger partial charge in [-0.2, -0.15) is 0 Å². The molecule has 2 rings (SSSR count). The summed E-state index contributed by atoms with van der Waals surface area (Å²) in [5, 5.41) is 2.90. The van der Waals surface area contributed by atoms with Crippen LogP contribution in [0.2, 0.25) is 0 Å². The van der Waals surface area contributed by atoms with Crippen molar-refractivity contribution in [2.75, 3.05) is 27.4 Å². The van der Waals surface area contributed by atoms with Crippen molar-refractivity contribution in [3.8, 4) is 17.2 Å². The van der Waals surface area contributed by atoms with Crippen LogP contribution in [0.5, 0.6) is 17.2 Å². The molecule has 0 saturated carbocycles. The fourth-order valence-electron chi connectivity index (χ4n) is 2.72. The Labute approximate surface area is 173 Å². The molecule has 0 radical (unpaired) electrons. The van der Waals surface area contributed by atoms with Crippen molar-refractivity contribution in [1.29, 1.82) is 0 Å². The third-order valence-electron chi connectivity index (χ3n) is 4.30. The van der Waals surface area contributed by atoms with Crippen LogP contribution in [-0.4, -0.2) is 45.5 Å². The summed E-state index contributed by atoms with van der Waals surface area (Å²) in [6.07, 6.45) is 0.0639. The molecule has 1 amide bonds. The maximum absolute atomic E-state index is 12.4. The fraction of sp³-hybridized carbons (Fsp3) is 0.435. The van der Waals surface area contributed by atoms with Gasteiger partial charge in [0, 0.05) is 13.7 Å². The van der Waals surface area contributed by atoms with Gasteiger partial charge in [0.1, 0.15) is 12.4 Å². The second kappa shape index (κ2) is 11.3. The van der Waals surface area contributed by atoms with E-state index < -0.39 is 6.10 Å². The standard InChI is InChI=1S/C23H31NO5/c1-16(2)29-20-11-8-18(14-21(20)26-4)12-13-24-23(25)22(27-5)15-28-19-9-6-17(3)7-10-19/h6-11,14,16,22H,12-13,15H2,1-5H3,(H,24,25). The Morgan fingerprint density at radius 3 is 2.38 bits per heavy atom. The van der Waals surface area contributed by atoms with Crippen LogP contribution in [0, 0.1) is 6.92 Å². The minimum Gasteiger partial charge on any atom is -0.493 e. The Hall–Kier alpha value is -2.73. The second-order valence-electron chi connectivity index (χ2n) is 7.04. The number of methoxy groups -OCH3 is 2. The van der Waals surface area contributed by atoms with Crippen LogP contribution < -0.4 is 19.5 Å². The van der Waals surface area contributed by atoms with Gasteiger partial charge in [-0.25, -0.2) is 0 Å². The van der Waals surface area contributed by atoms with Crippen LogP contribution in [0.25, 0.3) is 0 Å². The number of hydrogen-bond acceptors (Lipinski definition) is 5. The number of carbonyl (C=O) groups is 1. The molecule has 0 bridgehead atoms. The zero-order valence-corrected chi connectivity index (χ0v) is 17.9. The number of rotatable bonds is 11. The first-order valence-electron chi connectivity index (χ1n) is 9.76. The quantitative estimate of drug-likeness (QED) is 0.624. The van der Waals surface area contributed by atoms with E-state index in [1.165, 1.54) is 7.11 Å². The highest BCUT2D eigenvalue weighted by molar-refractivity contribution is 5.80. The molecule has 0 aliphatic rings. The van der Waals surface area contributed by atoms with E-state index in [0.29, 0.717) is 30.2 Å². The number of aryl methyl sites for hydroxylation is 1. The lowest BCUT2D eigenvalue weighted by atomic mass is 10.1. The van der Waals surface area contributed by atoms with E-state index in [1.54, 1.807) is 7.11 Å². The molecular weight excluding hydrogens is 370 g/mol. The third kappa shape index (κ3) is 7.31. The zero-order valence-electron chi connectivity index (χ0n) is 17.9. The summed E-state index contributed by atoms with van der Waals surface area (Å²) in [4.78, 5) is 12.4. The highest BCUT2D eigenvalue weighted by Gasteiger charge is 2.18. The van der Waals surface area contributed by atoms with E-state index in [4.69, 9.17) is 18.9 Å².